The zero-order valence-electron chi connectivity index (χ0n) is 11.3. The Morgan fingerprint density at radius 1 is 1.11 bits per heavy atom. The minimum atomic E-state index is 0.0734. The highest BCUT2D eigenvalue weighted by Gasteiger charge is 2.17. The Bertz CT molecular complexity index is 673. The van der Waals surface area contributed by atoms with Crippen molar-refractivity contribution >= 4 is 16.6 Å². The summed E-state index contributed by atoms with van der Waals surface area (Å²) in [6.07, 6.45) is 5.63. The third kappa shape index (κ3) is 2.03. The third-order valence-electron chi connectivity index (χ3n) is 3.67. The second-order valence-corrected chi connectivity index (χ2v) is 5.26. The number of carbonyl (C=O) groups excluding carboxylic acids is 1. The van der Waals surface area contributed by atoms with Crippen LogP contribution in [0.3, 0.4) is 0 Å². The average Bonchev–Trinajstić information content (AvgIpc) is 2.82. The Morgan fingerprint density at radius 2 is 1.84 bits per heavy atom. The molecule has 3 rings (SSSR count). The molecular formula is C17H17NO. The van der Waals surface area contributed by atoms with Gasteiger partial charge >= 0.3 is 0 Å². The number of aryl methyl sites for hydroxylation is 2. The van der Waals surface area contributed by atoms with Crippen molar-refractivity contribution in [3.05, 3.63) is 59.3 Å². The van der Waals surface area contributed by atoms with Crippen molar-refractivity contribution in [2.24, 2.45) is 0 Å². The molecule has 2 heteroatoms. The summed E-state index contributed by atoms with van der Waals surface area (Å²) in [5.74, 6) is 0.0734. The van der Waals surface area contributed by atoms with E-state index in [-0.39, 0.29) is 5.78 Å². The van der Waals surface area contributed by atoms with E-state index in [2.05, 4.69) is 24.3 Å². The smallest absolute Gasteiger partial charge is 0.187 e. The monoisotopic (exact) mass is 251 g/mol. The van der Waals surface area contributed by atoms with Crippen LogP contribution in [0.25, 0.3) is 10.8 Å². The predicted octanol–water partition coefficient (Wildman–Crippen LogP) is 3.20. The van der Waals surface area contributed by atoms with Crippen LogP contribution < -0.4 is 0 Å². The quantitative estimate of drug-likeness (QED) is 0.617. The van der Waals surface area contributed by atoms with E-state index in [0.29, 0.717) is 0 Å². The largest absolute Gasteiger partial charge is 0.383 e. The number of hydrogen-bond donors (Lipinski definition) is 0. The zero-order chi connectivity index (χ0) is 13.4. The van der Waals surface area contributed by atoms with Gasteiger partial charge in [-0.05, 0) is 34.7 Å². The van der Waals surface area contributed by atoms with Gasteiger partial charge in [-0.2, -0.15) is 0 Å². The molecule has 0 heterocycles. The van der Waals surface area contributed by atoms with Crippen LogP contribution in [0.5, 0.6) is 0 Å². The van der Waals surface area contributed by atoms with Crippen molar-refractivity contribution in [2.45, 2.75) is 12.8 Å². The van der Waals surface area contributed by atoms with Crippen LogP contribution in [0.1, 0.15) is 21.5 Å². The van der Waals surface area contributed by atoms with Crippen LogP contribution in [0.4, 0.5) is 0 Å². The Morgan fingerprint density at radius 3 is 2.58 bits per heavy atom. The summed E-state index contributed by atoms with van der Waals surface area (Å²) in [7, 11) is 3.83. The van der Waals surface area contributed by atoms with E-state index in [0.717, 1.165) is 23.8 Å². The summed E-state index contributed by atoms with van der Waals surface area (Å²) in [5, 5.41) is 2.40. The first kappa shape index (κ1) is 12.0. The SMILES string of the molecule is CN(C)/C=C/C(=O)c1ccc2c3c(cccc13)CC2. The molecule has 2 nitrogen and oxygen atoms in total. The molecule has 96 valence electrons. The van der Waals surface area contributed by atoms with Gasteiger partial charge in [0.2, 0.25) is 0 Å². The molecule has 0 bridgehead atoms. The Hall–Kier alpha value is -2.09. The number of rotatable bonds is 3. The van der Waals surface area contributed by atoms with Crippen molar-refractivity contribution in [3.8, 4) is 0 Å². The van der Waals surface area contributed by atoms with E-state index < -0.39 is 0 Å². The molecule has 0 N–H and O–H groups in total. The second-order valence-electron chi connectivity index (χ2n) is 5.26. The summed E-state index contributed by atoms with van der Waals surface area (Å²) >= 11 is 0. The first-order chi connectivity index (χ1) is 9.16. The molecule has 1 aliphatic carbocycles. The molecule has 2 aromatic carbocycles. The van der Waals surface area contributed by atoms with Crippen molar-refractivity contribution in [2.75, 3.05) is 14.1 Å². The summed E-state index contributed by atoms with van der Waals surface area (Å²) in [4.78, 5) is 14.2. The highest BCUT2D eigenvalue weighted by atomic mass is 16.1. The van der Waals surface area contributed by atoms with Crippen molar-refractivity contribution < 1.29 is 4.79 Å². The maximum atomic E-state index is 12.3. The maximum absolute atomic E-state index is 12.3. The third-order valence-corrected chi connectivity index (χ3v) is 3.67. The number of ketones is 1. The average molecular weight is 251 g/mol. The molecule has 0 spiro atoms. The van der Waals surface area contributed by atoms with Crippen molar-refractivity contribution in [1.82, 2.24) is 4.90 Å². The second kappa shape index (κ2) is 4.54. The number of benzene rings is 2. The zero-order valence-corrected chi connectivity index (χ0v) is 11.3. The number of hydrogen-bond acceptors (Lipinski definition) is 2. The molecular weight excluding hydrogens is 234 g/mol. The summed E-state index contributed by atoms with van der Waals surface area (Å²) in [5.41, 5.74) is 3.55. The lowest BCUT2D eigenvalue weighted by atomic mass is 9.97. The van der Waals surface area contributed by atoms with Crippen LogP contribution in [0, 0.1) is 0 Å². The highest BCUT2D eigenvalue weighted by Crippen LogP contribution is 2.32. The molecule has 0 fully saturated rings. The fraction of sp³-hybridized carbons (Fsp3) is 0.235. The Labute approximate surface area is 113 Å². The molecule has 0 amide bonds. The van der Waals surface area contributed by atoms with Crippen molar-refractivity contribution in [1.29, 1.82) is 0 Å². The normalized spacial score (nSPS) is 13.4. The molecule has 0 saturated carbocycles. The Balaban J connectivity index is 2.14. The van der Waals surface area contributed by atoms with Gasteiger partial charge in [0, 0.05) is 31.9 Å². The summed E-state index contributed by atoms with van der Waals surface area (Å²) < 4.78 is 0. The molecule has 0 radical (unpaired) electrons. The van der Waals surface area contributed by atoms with E-state index in [4.69, 9.17) is 0 Å². The minimum Gasteiger partial charge on any atom is -0.383 e. The molecule has 0 aliphatic heterocycles. The molecule has 0 aromatic heterocycles. The summed E-state index contributed by atoms with van der Waals surface area (Å²) in [6.45, 7) is 0. The highest BCUT2D eigenvalue weighted by molar-refractivity contribution is 6.14. The molecule has 2 aromatic rings. The van der Waals surface area contributed by atoms with Crippen LogP contribution in [0.15, 0.2) is 42.6 Å². The lowest BCUT2D eigenvalue weighted by molar-refractivity contribution is 0.104. The fourth-order valence-electron chi connectivity index (χ4n) is 2.77. The van der Waals surface area contributed by atoms with Gasteiger partial charge < -0.3 is 4.90 Å². The standard InChI is InChI=1S/C17H17NO/c1-18(2)11-10-16(19)14-9-8-13-7-6-12-4-3-5-15(14)17(12)13/h3-5,8-11H,6-7H2,1-2H3/b11-10+. The first-order valence-electron chi connectivity index (χ1n) is 6.59. The Kier molecular flexibility index (Phi) is 2.86. The fourth-order valence-corrected chi connectivity index (χ4v) is 2.77. The molecule has 1 aliphatic rings. The van der Waals surface area contributed by atoms with Crippen LogP contribution in [0.2, 0.25) is 0 Å². The van der Waals surface area contributed by atoms with Gasteiger partial charge in [-0.1, -0.05) is 30.3 Å². The van der Waals surface area contributed by atoms with Gasteiger partial charge in [0.25, 0.3) is 0 Å². The van der Waals surface area contributed by atoms with Gasteiger partial charge in [-0.25, -0.2) is 0 Å². The molecule has 0 saturated heterocycles. The van der Waals surface area contributed by atoms with E-state index in [9.17, 15) is 4.79 Å². The van der Waals surface area contributed by atoms with Crippen LogP contribution >= 0.6 is 0 Å². The number of carbonyl (C=O) groups is 1. The lowest BCUT2D eigenvalue weighted by Crippen LogP contribution is -2.03. The van der Waals surface area contributed by atoms with Gasteiger partial charge in [-0.3, -0.25) is 4.79 Å². The topological polar surface area (TPSA) is 20.3 Å². The van der Waals surface area contributed by atoms with Gasteiger partial charge in [0.15, 0.2) is 5.78 Å². The van der Waals surface area contributed by atoms with Gasteiger partial charge in [-0.15, -0.1) is 0 Å². The van der Waals surface area contributed by atoms with Gasteiger partial charge in [0.1, 0.15) is 0 Å². The summed E-state index contributed by atoms with van der Waals surface area (Å²) in [6, 6.07) is 10.4. The minimum absolute atomic E-state index is 0.0734. The maximum Gasteiger partial charge on any atom is 0.187 e. The van der Waals surface area contributed by atoms with E-state index >= 15 is 0 Å². The van der Waals surface area contributed by atoms with Crippen LogP contribution in [-0.4, -0.2) is 24.8 Å². The van der Waals surface area contributed by atoms with Gasteiger partial charge in [0.05, 0.1) is 0 Å². The van der Waals surface area contributed by atoms with Crippen molar-refractivity contribution in [3.63, 3.8) is 0 Å². The molecule has 0 unspecified atom stereocenters. The van der Waals surface area contributed by atoms with E-state index in [1.165, 1.54) is 16.5 Å². The lowest BCUT2D eigenvalue weighted by Gasteiger charge is -2.07. The van der Waals surface area contributed by atoms with E-state index in [1.54, 1.807) is 12.3 Å². The molecule has 0 atom stereocenters. The number of nitrogens with zero attached hydrogens (tertiary/aromatic N) is 1. The first-order valence-corrected chi connectivity index (χ1v) is 6.59. The van der Waals surface area contributed by atoms with E-state index in [1.807, 2.05) is 25.1 Å². The predicted molar refractivity (Wildman–Crippen MR) is 78.5 cm³/mol. The van der Waals surface area contributed by atoms with Crippen LogP contribution in [-0.2, 0) is 12.8 Å². The number of allylic oxidation sites excluding steroid dienone is 1. The molecule has 19 heavy (non-hydrogen) atoms.